The Hall–Kier alpha value is -2.55. The number of aromatic amines is 1. The van der Waals surface area contributed by atoms with Crippen LogP contribution in [0, 0.1) is 20.8 Å². The molecule has 0 bridgehead atoms. The van der Waals surface area contributed by atoms with Crippen LogP contribution >= 0.6 is 0 Å². The topological polar surface area (TPSA) is 44.9 Å². The SMILES string of the molecule is Cc1cc(C)cc(NC(=O)C2(c3c(C)[nH]c4ccccc34)CC2)c1. The molecule has 1 fully saturated rings. The van der Waals surface area contributed by atoms with Crippen molar-refractivity contribution in [3.63, 3.8) is 0 Å². The molecule has 122 valence electrons. The smallest absolute Gasteiger partial charge is 0.235 e. The maximum absolute atomic E-state index is 13.1. The average Bonchev–Trinajstić information content (AvgIpc) is 3.23. The van der Waals surface area contributed by atoms with Crippen molar-refractivity contribution < 1.29 is 4.79 Å². The van der Waals surface area contributed by atoms with E-state index in [9.17, 15) is 4.79 Å². The number of anilines is 1. The van der Waals surface area contributed by atoms with E-state index >= 15 is 0 Å². The van der Waals surface area contributed by atoms with E-state index in [1.54, 1.807) is 0 Å². The molecule has 0 spiro atoms. The molecule has 0 radical (unpaired) electrons. The number of aromatic nitrogens is 1. The third-order valence-corrected chi connectivity index (χ3v) is 5.04. The molecule has 0 aliphatic heterocycles. The van der Waals surface area contributed by atoms with Crippen molar-refractivity contribution in [2.75, 3.05) is 5.32 Å². The minimum atomic E-state index is -0.388. The zero-order chi connectivity index (χ0) is 16.9. The standard InChI is InChI=1S/C21H22N2O/c1-13-10-14(2)12-16(11-13)23-20(24)21(8-9-21)19-15(3)22-18-7-5-4-6-17(18)19/h4-7,10-12,22H,8-9H2,1-3H3,(H,23,24). The van der Waals surface area contributed by atoms with Gasteiger partial charge < -0.3 is 10.3 Å². The van der Waals surface area contributed by atoms with Gasteiger partial charge in [-0.15, -0.1) is 0 Å². The van der Waals surface area contributed by atoms with Gasteiger partial charge in [-0.1, -0.05) is 24.3 Å². The summed E-state index contributed by atoms with van der Waals surface area (Å²) < 4.78 is 0. The number of fused-ring (bicyclic) bond motifs is 1. The van der Waals surface area contributed by atoms with Crippen LogP contribution in [0.5, 0.6) is 0 Å². The zero-order valence-electron chi connectivity index (χ0n) is 14.4. The summed E-state index contributed by atoms with van der Waals surface area (Å²) in [6.45, 7) is 6.18. The van der Waals surface area contributed by atoms with E-state index in [2.05, 4.69) is 49.3 Å². The van der Waals surface area contributed by atoms with Gasteiger partial charge in [-0.25, -0.2) is 0 Å². The van der Waals surface area contributed by atoms with Gasteiger partial charge in [0.05, 0.1) is 5.41 Å². The van der Waals surface area contributed by atoms with E-state index in [1.165, 1.54) is 22.1 Å². The summed E-state index contributed by atoms with van der Waals surface area (Å²) in [6, 6.07) is 14.4. The molecule has 1 aliphatic carbocycles. The van der Waals surface area contributed by atoms with Crippen molar-refractivity contribution in [2.24, 2.45) is 0 Å². The maximum Gasteiger partial charge on any atom is 0.235 e. The number of carbonyl (C=O) groups excluding carboxylic acids is 1. The first-order valence-electron chi connectivity index (χ1n) is 8.47. The Balaban J connectivity index is 1.72. The zero-order valence-corrected chi connectivity index (χ0v) is 14.4. The van der Waals surface area contributed by atoms with Crippen LogP contribution in [0.1, 0.15) is 35.2 Å². The molecule has 0 unspecified atom stereocenters. The van der Waals surface area contributed by atoms with Crippen LogP contribution in [0.3, 0.4) is 0 Å². The van der Waals surface area contributed by atoms with Gasteiger partial charge in [0.2, 0.25) is 5.91 Å². The number of amides is 1. The first-order chi connectivity index (χ1) is 11.5. The number of aryl methyl sites for hydroxylation is 3. The Labute approximate surface area is 142 Å². The van der Waals surface area contributed by atoms with Gasteiger partial charge in [0, 0.05) is 22.3 Å². The molecule has 2 N–H and O–H groups in total. The minimum Gasteiger partial charge on any atom is -0.358 e. The number of H-pyrrole nitrogens is 1. The van der Waals surface area contributed by atoms with Crippen LogP contribution < -0.4 is 5.32 Å². The summed E-state index contributed by atoms with van der Waals surface area (Å²) >= 11 is 0. The Morgan fingerprint density at radius 2 is 1.71 bits per heavy atom. The monoisotopic (exact) mass is 318 g/mol. The number of hydrogen-bond acceptors (Lipinski definition) is 1. The van der Waals surface area contributed by atoms with Crippen LogP contribution in [0.2, 0.25) is 0 Å². The van der Waals surface area contributed by atoms with Gasteiger partial charge in [0.1, 0.15) is 0 Å². The van der Waals surface area contributed by atoms with Crippen molar-refractivity contribution in [3.8, 4) is 0 Å². The number of carbonyl (C=O) groups is 1. The minimum absolute atomic E-state index is 0.111. The molecule has 1 heterocycles. The summed E-state index contributed by atoms with van der Waals surface area (Å²) in [6.07, 6.45) is 1.82. The van der Waals surface area contributed by atoms with Crippen LogP contribution in [-0.2, 0) is 10.2 Å². The molecule has 24 heavy (non-hydrogen) atoms. The van der Waals surface area contributed by atoms with E-state index < -0.39 is 0 Å². The summed E-state index contributed by atoms with van der Waals surface area (Å²) in [5, 5.41) is 4.32. The lowest BCUT2D eigenvalue weighted by Crippen LogP contribution is -2.28. The van der Waals surface area contributed by atoms with E-state index in [4.69, 9.17) is 0 Å². The average molecular weight is 318 g/mol. The summed E-state index contributed by atoms with van der Waals surface area (Å²) in [7, 11) is 0. The van der Waals surface area contributed by atoms with Gasteiger partial charge in [-0.2, -0.15) is 0 Å². The summed E-state index contributed by atoms with van der Waals surface area (Å²) in [5.74, 6) is 0.111. The maximum atomic E-state index is 13.1. The predicted molar refractivity (Wildman–Crippen MR) is 98.5 cm³/mol. The Morgan fingerprint density at radius 3 is 2.38 bits per heavy atom. The van der Waals surface area contributed by atoms with Crippen molar-refractivity contribution in [3.05, 3.63) is 64.8 Å². The van der Waals surface area contributed by atoms with Crippen LogP contribution in [0.25, 0.3) is 10.9 Å². The lowest BCUT2D eigenvalue weighted by molar-refractivity contribution is -0.118. The highest BCUT2D eigenvalue weighted by atomic mass is 16.2. The first-order valence-corrected chi connectivity index (χ1v) is 8.47. The van der Waals surface area contributed by atoms with E-state index in [1.807, 2.05) is 24.3 Å². The quantitative estimate of drug-likeness (QED) is 0.718. The molecule has 1 saturated carbocycles. The van der Waals surface area contributed by atoms with Crippen LogP contribution in [0.4, 0.5) is 5.69 Å². The second-order valence-corrected chi connectivity index (χ2v) is 7.08. The van der Waals surface area contributed by atoms with Gasteiger partial charge in [-0.05, 0) is 68.5 Å². The Morgan fingerprint density at radius 1 is 1.04 bits per heavy atom. The highest BCUT2D eigenvalue weighted by Crippen LogP contribution is 2.52. The largest absolute Gasteiger partial charge is 0.358 e. The molecule has 3 heteroatoms. The molecule has 2 aromatic carbocycles. The van der Waals surface area contributed by atoms with Crippen LogP contribution in [0.15, 0.2) is 42.5 Å². The van der Waals surface area contributed by atoms with Crippen molar-refractivity contribution in [2.45, 2.75) is 39.0 Å². The van der Waals surface area contributed by atoms with E-state index in [0.717, 1.165) is 29.7 Å². The lowest BCUT2D eigenvalue weighted by Gasteiger charge is -2.17. The molecule has 3 aromatic rings. The predicted octanol–water partition coefficient (Wildman–Crippen LogP) is 4.76. The lowest BCUT2D eigenvalue weighted by atomic mass is 9.92. The van der Waals surface area contributed by atoms with Gasteiger partial charge in [0.25, 0.3) is 0 Å². The van der Waals surface area contributed by atoms with E-state index in [-0.39, 0.29) is 11.3 Å². The third kappa shape index (κ3) is 2.32. The fourth-order valence-electron chi connectivity index (χ4n) is 3.91. The first kappa shape index (κ1) is 15.0. The molecule has 3 nitrogen and oxygen atoms in total. The van der Waals surface area contributed by atoms with Gasteiger partial charge in [-0.3, -0.25) is 4.79 Å². The number of nitrogens with one attached hydrogen (secondary N) is 2. The molecule has 4 rings (SSSR count). The van der Waals surface area contributed by atoms with Crippen molar-refractivity contribution in [1.29, 1.82) is 0 Å². The molecular weight excluding hydrogens is 296 g/mol. The van der Waals surface area contributed by atoms with Gasteiger partial charge in [0.15, 0.2) is 0 Å². The highest BCUT2D eigenvalue weighted by molar-refractivity contribution is 6.05. The van der Waals surface area contributed by atoms with Crippen LogP contribution in [-0.4, -0.2) is 10.9 Å². The van der Waals surface area contributed by atoms with Crippen molar-refractivity contribution >= 4 is 22.5 Å². The Bertz CT molecular complexity index is 927. The highest BCUT2D eigenvalue weighted by Gasteiger charge is 2.53. The molecular formula is C21H22N2O. The second kappa shape index (κ2) is 5.23. The number of para-hydroxylation sites is 1. The molecule has 0 saturated heterocycles. The molecule has 1 amide bonds. The summed E-state index contributed by atoms with van der Waals surface area (Å²) in [4.78, 5) is 16.5. The molecule has 1 aromatic heterocycles. The number of hydrogen-bond donors (Lipinski definition) is 2. The molecule has 1 aliphatic rings. The second-order valence-electron chi connectivity index (χ2n) is 7.08. The number of rotatable bonds is 3. The van der Waals surface area contributed by atoms with Gasteiger partial charge >= 0.3 is 0 Å². The number of benzene rings is 2. The normalized spacial score (nSPS) is 15.5. The third-order valence-electron chi connectivity index (χ3n) is 5.04. The van der Waals surface area contributed by atoms with E-state index in [0.29, 0.717) is 0 Å². The molecule has 0 atom stereocenters. The van der Waals surface area contributed by atoms with Crippen molar-refractivity contribution in [1.82, 2.24) is 4.98 Å². The summed E-state index contributed by atoms with van der Waals surface area (Å²) in [5.41, 5.74) is 6.21. The Kier molecular flexibility index (Phi) is 3.27. The fourth-order valence-corrected chi connectivity index (χ4v) is 3.91. The fraction of sp³-hybridized carbons (Fsp3) is 0.286.